The molecule has 0 aromatic carbocycles. The molecule has 26 heavy (non-hydrogen) atoms. The molecule has 2 aliphatic heterocycles. The van der Waals surface area contributed by atoms with Gasteiger partial charge in [0.15, 0.2) is 0 Å². The number of carbonyl (C=O) groups excluding carboxylic acids is 2. The summed E-state index contributed by atoms with van der Waals surface area (Å²) >= 11 is 0. The lowest BCUT2D eigenvalue weighted by Gasteiger charge is -2.36. The SMILES string of the molecule is CC(C)(C)N1C[C@H](CNC(=O)N2CCN(c3cccnc3)CC2)CC1=O. The maximum absolute atomic E-state index is 12.4. The lowest BCUT2D eigenvalue weighted by atomic mass is 10.1. The number of amides is 3. The monoisotopic (exact) mass is 359 g/mol. The van der Waals surface area contributed by atoms with Crippen LogP contribution in [0.15, 0.2) is 24.5 Å². The molecule has 142 valence electrons. The molecule has 1 N–H and O–H groups in total. The first-order valence-corrected chi connectivity index (χ1v) is 9.33. The molecular formula is C19H29N5O2. The highest BCUT2D eigenvalue weighted by atomic mass is 16.2. The third kappa shape index (κ3) is 4.26. The van der Waals surface area contributed by atoms with Gasteiger partial charge >= 0.3 is 6.03 Å². The molecule has 0 saturated carbocycles. The van der Waals surface area contributed by atoms with E-state index in [1.165, 1.54) is 0 Å². The fraction of sp³-hybridized carbons (Fsp3) is 0.632. The van der Waals surface area contributed by atoms with Crippen LogP contribution in [0.1, 0.15) is 27.2 Å². The molecule has 1 aromatic rings. The van der Waals surface area contributed by atoms with Crippen LogP contribution in [-0.2, 0) is 4.79 Å². The maximum Gasteiger partial charge on any atom is 0.317 e. The van der Waals surface area contributed by atoms with Crippen LogP contribution in [0, 0.1) is 5.92 Å². The predicted molar refractivity (Wildman–Crippen MR) is 101 cm³/mol. The Labute approximate surface area is 155 Å². The minimum Gasteiger partial charge on any atom is -0.367 e. The van der Waals surface area contributed by atoms with Crippen LogP contribution >= 0.6 is 0 Å². The maximum atomic E-state index is 12.4. The average molecular weight is 359 g/mol. The molecule has 1 aromatic heterocycles. The molecule has 2 aliphatic rings. The number of pyridine rings is 1. The predicted octanol–water partition coefficient (Wildman–Crippen LogP) is 1.56. The Morgan fingerprint density at radius 3 is 2.58 bits per heavy atom. The van der Waals surface area contributed by atoms with Crippen LogP contribution in [0.2, 0.25) is 0 Å². The van der Waals surface area contributed by atoms with Gasteiger partial charge in [-0.05, 0) is 32.9 Å². The van der Waals surface area contributed by atoms with Gasteiger partial charge in [0.2, 0.25) is 5.91 Å². The van der Waals surface area contributed by atoms with Gasteiger partial charge < -0.3 is 20.0 Å². The fourth-order valence-corrected chi connectivity index (χ4v) is 3.62. The molecule has 0 spiro atoms. The molecule has 7 heteroatoms. The molecule has 3 rings (SSSR count). The smallest absolute Gasteiger partial charge is 0.317 e. The quantitative estimate of drug-likeness (QED) is 0.889. The zero-order valence-corrected chi connectivity index (χ0v) is 15.9. The Bertz CT molecular complexity index is 635. The average Bonchev–Trinajstić information content (AvgIpc) is 3.02. The lowest BCUT2D eigenvalue weighted by molar-refractivity contribution is -0.131. The van der Waals surface area contributed by atoms with Crippen molar-refractivity contribution in [3.63, 3.8) is 0 Å². The molecular weight excluding hydrogens is 330 g/mol. The largest absolute Gasteiger partial charge is 0.367 e. The summed E-state index contributed by atoms with van der Waals surface area (Å²) in [5.74, 6) is 0.379. The van der Waals surface area contributed by atoms with E-state index in [0.717, 1.165) is 25.3 Å². The zero-order valence-electron chi connectivity index (χ0n) is 15.9. The Hall–Kier alpha value is -2.31. The van der Waals surface area contributed by atoms with E-state index in [2.05, 4.69) is 15.2 Å². The minimum absolute atomic E-state index is 0.0301. The number of aromatic nitrogens is 1. The number of likely N-dealkylation sites (tertiary alicyclic amines) is 1. The van der Waals surface area contributed by atoms with E-state index in [1.54, 1.807) is 6.20 Å². The summed E-state index contributed by atoms with van der Waals surface area (Å²) in [5, 5.41) is 3.02. The van der Waals surface area contributed by atoms with Crippen molar-refractivity contribution in [2.24, 2.45) is 5.92 Å². The highest BCUT2D eigenvalue weighted by Crippen LogP contribution is 2.25. The molecule has 2 saturated heterocycles. The second-order valence-corrected chi connectivity index (χ2v) is 8.12. The first kappa shape index (κ1) is 18.5. The number of rotatable bonds is 3. The van der Waals surface area contributed by atoms with E-state index in [-0.39, 0.29) is 23.4 Å². The second kappa shape index (κ2) is 7.51. The number of carbonyl (C=O) groups is 2. The van der Waals surface area contributed by atoms with Crippen molar-refractivity contribution < 1.29 is 9.59 Å². The summed E-state index contributed by atoms with van der Waals surface area (Å²) < 4.78 is 0. The van der Waals surface area contributed by atoms with Gasteiger partial charge in [0, 0.05) is 63.3 Å². The number of nitrogens with zero attached hydrogens (tertiary/aromatic N) is 4. The first-order chi connectivity index (χ1) is 12.3. The first-order valence-electron chi connectivity index (χ1n) is 9.33. The van der Waals surface area contributed by atoms with Crippen LogP contribution in [0.25, 0.3) is 0 Å². The molecule has 0 unspecified atom stereocenters. The normalized spacial score (nSPS) is 21.3. The minimum atomic E-state index is -0.154. The van der Waals surface area contributed by atoms with E-state index in [1.807, 2.05) is 48.9 Å². The van der Waals surface area contributed by atoms with Gasteiger partial charge in [0.25, 0.3) is 0 Å². The molecule has 3 amide bonds. The van der Waals surface area contributed by atoms with Crippen molar-refractivity contribution in [3.8, 4) is 0 Å². The molecule has 0 bridgehead atoms. The summed E-state index contributed by atoms with van der Waals surface area (Å²) in [5.41, 5.74) is 0.942. The third-order valence-electron chi connectivity index (χ3n) is 5.13. The van der Waals surface area contributed by atoms with Crippen LogP contribution < -0.4 is 10.2 Å². The van der Waals surface area contributed by atoms with Gasteiger partial charge in [-0.25, -0.2) is 4.79 Å². The second-order valence-electron chi connectivity index (χ2n) is 8.12. The number of urea groups is 1. The number of hydrogen-bond donors (Lipinski definition) is 1. The van der Waals surface area contributed by atoms with Crippen molar-refractivity contribution in [3.05, 3.63) is 24.5 Å². The van der Waals surface area contributed by atoms with Gasteiger partial charge in [-0.15, -0.1) is 0 Å². The fourth-order valence-electron chi connectivity index (χ4n) is 3.62. The van der Waals surface area contributed by atoms with Crippen LogP contribution in [-0.4, -0.2) is 71.5 Å². The van der Waals surface area contributed by atoms with Crippen molar-refractivity contribution in [2.45, 2.75) is 32.7 Å². The Morgan fingerprint density at radius 2 is 2.00 bits per heavy atom. The molecule has 0 radical (unpaired) electrons. The van der Waals surface area contributed by atoms with Gasteiger partial charge in [-0.2, -0.15) is 0 Å². The summed E-state index contributed by atoms with van der Waals surface area (Å²) in [7, 11) is 0. The van der Waals surface area contributed by atoms with Crippen molar-refractivity contribution >= 4 is 17.6 Å². The summed E-state index contributed by atoms with van der Waals surface area (Å²) in [6, 6.07) is 3.94. The van der Waals surface area contributed by atoms with E-state index in [4.69, 9.17) is 0 Å². The number of anilines is 1. The number of piperazine rings is 1. The van der Waals surface area contributed by atoms with E-state index in [9.17, 15) is 9.59 Å². The molecule has 3 heterocycles. The zero-order chi connectivity index (χ0) is 18.7. The van der Waals surface area contributed by atoms with Crippen molar-refractivity contribution in [1.29, 1.82) is 0 Å². The van der Waals surface area contributed by atoms with Gasteiger partial charge in [-0.3, -0.25) is 9.78 Å². The van der Waals surface area contributed by atoms with E-state index < -0.39 is 0 Å². The van der Waals surface area contributed by atoms with E-state index in [0.29, 0.717) is 26.1 Å². The molecule has 1 atom stereocenters. The van der Waals surface area contributed by atoms with Gasteiger partial charge in [0.05, 0.1) is 11.9 Å². The molecule has 7 nitrogen and oxygen atoms in total. The molecule has 2 fully saturated rings. The van der Waals surface area contributed by atoms with Crippen molar-refractivity contribution in [2.75, 3.05) is 44.2 Å². The summed E-state index contributed by atoms with van der Waals surface area (Å²) in [6.07, 6.45) is 4.14. The Balaban J connectivity index is 1.43. The number of hydrogen-bond acceptors (Lipinski definition) is 4. The lowest BCUT2D eigenvalue weighted by Crippen LogP contribution is -2.52. The van der Waals surface area contributed by atoms with Gasteiger partial charge in [0.1, 0.15) is 0 Å². The summed E-state index contributed by atoms with van der Waals surface area (Å²) in [6.45, 7) is 10.4. The third-order valence-corrected chi connectivity index (χ3v) is 5.13. The Kier molecular flexibility index (Phi) is 5.34. The highest BCUT2D eigenvalue weighted by molar-refractivity contribution is 5.80. The highest BCUT2D eigenvalue weighted by Gasteiger charge is 2.36. The number of nitrogens with one attached hydrogen (secondary N) is 1. The topological polar surface area (TPSA) is 68.8 Å². The van der Waals surface area contributed by atoms with E-state index >= 15 is 0 Å². The van der Waals surface area contributed by atoms with Crippen LogP contribution in [0.5, 0.6) is 0 Å². The summed E-state index contributed by atoms with van der Waals surface area (Å²) in [4.78, 5) is 34.7. The van der Waals surface area contributed by atoms with Crippen LogP contribution in [0.3, 0.4) is 0 Å². The van der Waals surface area contributed by atoms with Crippen molar-refractivity contribution in [1.82, 2.24) is 20.1 Å². The standard InChI is InChI=1S/C19H29N5O2/c1-19(2,3)24-14-15(11-17(24)25)12-21-18(26)23-9-7-22(8-10-23)16-5-4-6-20-13-16/h4-6,13,15H,7-12,14H2,1-3H3,(H,21,26)/t15-/m0/s1. The molecule has 0 aliphatic carbocycles. The van der Waals surface area contributed by atoms with Gasteiger partial charge in [-0.1, -0.05) is 0 Å². The Morgan fingerprint density at radius 1 is 1.27 bits per heavy atom. The van der Waals surface area contributed by atoms with Crippen LogP contribution in [0.4, 0.5) is 10.5 Å².